The molecule has 2 aliphatic carbocycles. The van der Waals surface area contributed by atoms with E-state index in [4.69, 9.17) is 4.74 Å². The summed E-state index contributed by atoms with van der Waals surface area (Å²) in [6.45, 7) is 0.531. The van der Waals surface area contributed by atoms with E-state index < -0.39 is 0 Å². The van der Waals surface area contributed by atoms with Gasteiger partial charge in [0.25, 0.3) is 0 Å². The second-order valence-electron chi connectivity index (χ2n) is 5.91. The molecule has 4 rings (SSSR count). The van der Waals surface area contributed by atoms with Gasteiger partial charge in [0.1, 0.15) is 12.4 Å². The summed E-state index contributed by atoms with van der Waals surface area (Å²) >= 11 is 0. The predicted molar refractivity (Wildman–Crippen MR) is 78.5 cm³/mol. The van der Waals surface area contributed by atoms with Gasteiger partial charge in [0.2, 0.25) is 0 Å². The van der Waals surface area contributed by atoms with Gasteiger partial charge in [-0.05, 0) is 49.4 Å². The van der Waals surface area contributed by atoms with Crippen molar-refractivity contribution in [1.29, 1.82) is 0 Å². The average molecular weight is 282 g/mol. The van der Waals surface area contributed by atoms with Crippen molar-refractivity contribution in [3.63, 3.8) is 0 Å². The summed E-state index contributed by atoms with van der Waals surface area (Å²) in [4.78, 5) is 16.0. The first kappa shape index (κ1) is 12.6. The van der Waals surface area contributed by atoms with E-state index in [1.807, 2.05) is 30.7 Å². The first-order chi connectivity index (χ1) is 10.3. The van der Waals surface area contributed by atoms with Crippen LogP contribution in [0.5, 0.6) is 5.75 Å². The van der Waals surface area contributed by atoms with Crippen LogP contribution >= 0.6 is 0 Å². The molecule has 1 aromatic heterocycles. The van der Waals surface area contributed by atoms with Crippen LogP contribution in [-0.4, -0.2) is 15.3 Å². The molecule has 1 heterocycles. The van der Waals surface area contributed by atoms with Crippen molar-refractivity contribution in [1.82, 2.24) is 9.55 Å². The number of hydrogen-bond acceptors (Lipinski definition) is 3. The molecule has 4 heteroatoms. The predicted octanol–water partition coefficient (Wildman–Crippen LogP) is 3.32. The van der Waals surface area contributed by atoms with Crippen LogP contribution in [0.3, 0.4) is 0 Å². The van der Waals surface area contributed by atoms with Gasteiger partial charge < -0.3 is 9.30 Å². The molecule has 0 unspecified atom stereocenters. The number of aromatic nitrogens is 2. The third-order valence-electron chi connectivity index (χ3n) is 4.30. The molecular weight excluding hydrogens is 264 g/mol. The minimum absolute atomic E-state index is 0.259. The number of rotatable bonds is 4. The minimum Gasteiger partial charge on any atom is -0.487 e. The smallest absolute Gasteiger partial charge is 0.163 e. The number of benzene rings is 1. The Labute approximate surface area is 123 Å². The van der Waals surface area contributed by atoms with Gasteiger partial charge in [-0.2, -0.15) is 0 Å². The van der Waals surface area contributed by atoms with Crippen molar-refractivity contribution < 1.29 is 9.53 Å². The van der Waals surface area contributed by atoms with E-state index in [9.17, 15) is 4.79 Å². The molecule has 0 aliphatic heterocycles. The fourth-order valence-electron chi connectivity index (χ4n) is 3.00. The van der Waals surface area contributed by atoms with Gasteiger partial charge in [-0.15, -0.1) is 0 Å². The molecule has 0 radical (unpaired) electrons. The number of aryl methyl sites for hydroxylation is 1. The van der Waals surface area contributed by atoms with Gasteiger partial charge in [0.05, 0.1) is 18.2 Å². The van der Waals surface area contributed by atoms with Crippen molar-refractivity contribution in [3.05, 3.63) is 47.5 Å². The zero-order chi connectivity index (χ0) is 14.2. The fraction of sp³-hybridized carbons (Fsp3) is 0.412. The molecule has 1 fully saturated rings. The van der Waals surface area contributed by atoms with Crippen LogP contribution in [0.2, 0.25) is 0 Å². The van der Waals surface area contributed by atoms with E-state index >= 15 is 0 Å². The van der Waals surface area contributed by atoms with Crippen molar-refractivity contribution in [3.8, 4) is 5.75 Å². The van der Waals surface area contributed by atoms with E-state index in [1.165, 1.54) is 12.8 Å². The molecule has 108 valence electrons. The van der Waals surface area contributed by atoms with Crippen molar-refractivity contribution in [2.24, 2.45) is 0 Å². The van der Waals surface area contributed by atoms with Crippen molar-refractivity contribution in [2.45, 2.75) is 44.8 Å². The maximum absolute atomic E-state index is 11.8. The number of ether oxygens (including phenoxy) is 1. The summed E-state index contributed by atoms with van der Waals surface area (Å²) in [6.07, 6.45) is 8.84. The Morgan fingerprint density at radius 2 is 2.19 bits per heavy atom. The zero-order valence-electron chi connectivity index (χ0n) is 11.9. The Balaban J connectivity index is 1.50. The number of imidazole rings is 1. The minimum atomic E-state index is 0.259. The van der Waals surface area contributed by atoms with Crippen LogP contribution < -0.4 is 4.74 Å². The molecule has 2 aromatic rings. The molecular formula is C17H18N2O2. The first-order valence-electron chi connectivity index (χ1n) is 7.61. The van der Waals surface area contributed by atoms with Crippen LogP contribution in [0.1, 0.15) is 53.3 Å². The third kappa shape index (κ3) is 2.46. The quantitative estimate of drug-likeness (QED) is 0.864. The SMILES string of the molecule is O=C1CCCc2cc(OCc3cncn3C3CC3)ccc21. The number of hydrogen-bond donors (Lipinski definition) is 0. The number of nitrogens with zero attached hydrogens (tertiary/aromatic N) is 2. The highest BCUT2D eigenvalue weighted by Gasteiger charge is 2.25. The summed E-state index contributed by atoms with van der Waals surface area (Å²) in [5.41, 5.74) is 3.11. The van der Waals surface area contributed by atoms with Crippen LogP contribution in [0.25, 0.3) is 0 Å². The van der Waals surface area contributed by atoms with E-state index in [0.29, 0.717) is 19.1 Å². The molecule has 0 amide bonds. The molecule has 21 heavy (non-hydrogen) atoms. The number of carbonyl (C=O) groups excluding carboxylic acids is 1. The number of Topliss-reactive ketones (excluding diaryl/α,β-unsaturated/α-hetero) is 1. The van der Waals surface area contributed by atoms with Crippen LogP contribution in [0.4, 0.5) is 0 Å². The van der Waals surface area contributed by atoms with E-state index in [0.717, 1.165) is 35.4 Å². The molecule has 0 atom stereocenters. The lowest BCUT2D eigenvalue weighted by Gasteiger charge is -2.16. The highest BCUT2D eigenvalue weighted by molar-refractivity contribution is 5.98. The van der Waals surface area contributed by atoms with Gasteiger partial charge >= 0.3 is 0 Å². The largest absolute Gasteiger partial charge is 0.487 e. The van der Waals surface area contributed by atoms with Gasteiger partial charge in [-0.3, -0.25) is 4.79 Å². The topological polar surface area (TPSA) is 44.1 Å². The monoisotopic (exact) mass is 282 g/mol. The van der Waals surface area contributed by atoms with Crippen LogP contribution in [-0.2, 0) is 13.0 Å². The summed E-state index contributed by atoms with van der Waals surface area (Å²) in [6, 6.07) is 6.45. The first-order valence-corrected chi connectivity index (χ1v) is 7.61. The highest BCUT2D eigenvalue weighted by atomic mass is 16.5. The maximum Gasteiger partial charge on any atom is 0.163 e. The van der Waals surface area contributed by atoms with Gasteiger partial charge in [-0.1, -0.05) is 0 Å². The molecule has 0 bridgehead atoms. The number of carbonyl (C=O) groups is 1. The molecule has 1 saturated carbocycles. The molecule has 0 saturated heterocycles. The molecule has 0 N–H and O–H groups in total. The van der Waals surface area contributed by atoms with Gasteiger partial charge in [-0.25, -0.2) is 4.98 Å². The Morgan fingerprint density at radius 3 is 3.05 bits per heavy atom. The lowest BCUT2D eigenvalue weighted by Crippen LogP contribution is -2.11. The number of ketones is 1. The molecule has 2 aliphatic rings. The summed E-state index contributed by atoms with van der Waals surface area (Å²) in [5.74, 6) is 1.10. The average Bonchev–Trinajstić information content (AvgIpc) is 3.24. The fourth-order valence-corrected chi connectivity index (χ4v) is 3.00. The summed E-state index contributed by atoms with van der Waals surface area (Å²) in [7, 11) is 0. The third-order valence-corrected chi connectivity index (χ3v) is 4.30. The Morgan fingerprint density at radius 1 is 1.29 bits per heavy atom. The Hall–Kier alpha value is -2.10. The Kier molecular flexibility index (Phi) is 3.02. The molecule has 0 spiro atoms. The maximum atomic E-state index is 11.8. The van der Waals surface area contributed by atoms with Crippen LogP contribution in [0, 0.1) is 0 Å². The second kappa shape index (κ2) is 5.02. The summed E-state index contributed by atoms with van der Waals surface area (Å²) in [5, 5.41) is 0. The van der Waals surface area contributed by atoms with Gasteiger partial charge in [0, 0.05) is 18.0 Å². The van der Waals surface area contributed by atoms with Crippen LogP contribution in [0.15, 0.2) is 30.7 Å². The zero-order valence-corrected chi connectivity index (χ0v) is 11.9. The Bertz CT molecular complexity index is 686. The van der Waals surface area contributed by atoms with Crippen molar-refractivity contribution in [2.75, 3.05) is 0 Å². The lowest BCUT2D eigenvalue weighted by atomic mass is 9.90. The number of fused-ring (bicyclic) bond motifs is 1. The van der Waals surface area contributed by atoms with Crippen molar-refractivity contribution >= 4 is 5.78 Å². The standard InChI is InChI=1S/C17H18N2O2/c20-17-3-1-2-12-8-15(6-7-16(12)17)21-10-14-9-18-11-19(14)13-4-5-13/h6-9,11,13H,1-5,10H2. The van der Waals surface area contributed by atoms with E-state index in [2.05, 4.69) is 9.55 Å². The second-order valence-corrected chi connectivity index (χ2v) is 5.91. The lowest BCUT2D eigenvalue weighted by molar-refractivity contribution is 0.0972. The van der Waals surface area contributed by atoms with E-state index in [-0.39, 0.29) is 5.78 Å². The summed E-state index contributed by atoms with van der Waals surface area (Å²) < 4.78 is 8.11. The normalized spacial score (nSPS) is 17.6. The highest BCUT2D eigenvalue weighted by Crippen LogP contribution is 2.35. The molecule has 4 nitrogen and oxygen atoms in total. The molecule has 1 aromatic carbocycles. The van der Waals surface area contributed by atoms with Gasteiger partial charge in [0.15, 0.2) is 5.78 Å². The van der Waals surface area contributed by atoms with E-state index in [1.54, 1.807) is 0 Å².